The fourth-order valence-corrected chi connectivity index (χ4v) is 0.487. The van der Waals surface area contributed by atoms with E-state index in [4.69, 9.17) is 0 Å². The summed E-state index contributed by atoms with van der Waals surface area (Å²) in [7, 11) is 0. The van der Waals surface area contributed by atoms with Gasteiger partial charge in [-0.05, 0) is 20.8 Å². The van der Waals surface area contributed by atoms with Crippen LogP contribution in [0.2, 0.25) is 0 Å². The molecule has 0 heterocycles. The molecule has 0 aromatic heterocycles. The first-order valence-electron chi connectivity index (χ1n) is 3.83. The van der Waals surface area contributed by atoms with Gasteiger partial charge in [-0.25, -0.2) is 0 Å². The molecule has 0 saturated carbocycles. The molecular formula is C10H13F3. The fourth-order valence-electron chi connectivity index (χ4n) is 0.487. The summed E-state index contributed by atoms with van der Waals surface area (Å²) >= 11 is 0. The third kappa shape index (κ3) is 4.55. The van der Waals surface area contributed by atoms with Gasteiger partial charge in [0, 0.05) is 5.57 Å². The molecule has 0 spiro atoms. The van der Waals surface area contributed by atoms with Gasteiger partial charge in [0.15, 0.2) is 0 Å². The van der Waals surface area contributed by atoms with Gasteiger partial charge in [-0.15, -0.1) is 0 Å². The summed E-state index contributed by atoms with van der Waals surface area (Å²) in [6.07, 6.45) is -1.91. The lowest BCUT2D eigenvalue weighted by molar-refractivity contribution is -0.0878. The zero-order valence-corrected chi connectivity index (χ0v) is 8.00. The molecule has 0 atom stereocenters. The molecule has 0 bridgehead atoms. The summed E-state index contributed by atoms with van der Waals surface area (Å²) in [5, 5.41) is 0. The molecule has 13 heavy (non-hydrogen) atoms. The van der Waals surface area contributed by atoms with Gasteiger partial charge in [-0.3, -0.25) is 0 Å². The number of hydrogen-bond donors (Lipinski definition) is 0. The Labute approximate surface area is 76.5 Å². The van der Waals surface area contributed by atoms with Crippen LogP contribution in [0.5, 0.6) is 0 Å². The molecule has 0 nitrogen and oxygen atoms in total. The van der Waals surface area contributed by atoms with Crippen LogP contribution in [0, 0.1) is 0 Å². The summed E-state index contributed by atoms with van der Waals surface area (Å²) in [5.41, 5.74) is 0.990. The summed E-state index contributed by atoms with van der Waals surface area (Å²) < 4.78 is 35.8. The van der Waals surface area contributed by atoms with E-state index in [0.717, 1.165) is 17.2 Å². The van der Waals surface area contributed by atoms with E-state index in [1.54, 1.807) is 6.92 Å². The molecule has 0 aromatic rings. The van der Waals surface area contributed by atoms with Gasteiger partial charge >= 0.3 is 6.18 Å². The maximum Gasteiger partial charge on any atom is 0.415 e. The second-order valence-electron chi connectivity index (χ2n) is 3.04. The Morgan fingerprint density at radius 2 is 1.54 bits per heavy atom. The third-order valence-corrected chi connectivity index (χ3v) is 1.69. The largest absolute Gasteiger partial charge is 0.415 e. The first-order valence-corrected chi connectivity index (χ1v) is 3.83. The van der Waals surface area contributed by atoms with E-state index in [1.807, 2.05) is 13.8 Å². The summed E-state index contributed by atoms with van der Waals surface area (Å²) in [6.45, 7) is 8.37. The Morgan fingerprint density at radius 3 is 1.85 bits per heavy atom. The summed E-state index contributed by atoms with van der Waals surface area (Å²) in [4.78, 5) is 0. The van der Waals surface area contributed by atoms with Crippen LogP contribution in [0.4, 0.5) is 13.2 Å². The van der Waals surface area contributed by atoms with Gasteiger partial charge in [0.1, 0.15) is 0 Å². The zero-order chi connectivity index (χ0) is 10.6. The highest BCUT2D eigenvalue weighted by Crippen LogP contribution is 2.25. The van der Waals surface area contributed by atoms with Crippen molar-refractivity contribution in [3.8, 4) is 0 Å². The van der Waals surface area contributed by atoms with Crippen molar-refractivity contribution < 1.29 is 13.2 Å². The molecular weight excluding hydrogens is 177 g/mol. The van der Waals surface area contributed by atoms with E-state index in [0.29, 0.717) is 0 Å². The Hall–Kier alpha value is -0.990. The lowest BCUT2D eigenvalue weighted by Crippen LogP contribution is -2.08. The molecule has 0 rings (SSSR count). The highest BCUT2D eigenvalue weighted by Gasteiger charge is 2.29. The van der Waals surface area contributed by atoms with Crippen LogP contribution in [0.25, 0.3) is 0 Å². The van der Waals surface area contributed by atoms with Crippen LogP contribution in [0.15, 0.2) is 35.5 Å². The average molecular weight is 190 g/mol. The van der Waals surface area contributed by atoms with Crippen molar-refractivity contribution in [3.63, 3.8) is 0 Å². The lowest BCUT2D eigenvalue weighted by atomic mass is 10.1. The van der Waals surface area contributed by atoms with Crippen LogP contribution in [-0.2, 0) is 0 Å². The summed E-state index contributed by atoms with van der Waals surface area (Å²) in [5.74, 6) is 0. The van der Waals surface area contributed by atoms with Gasteiger partial charge < -0.3 is 0 Å². The first-order chi connectivity index (χ1) is 5.75. The quantitative estimate of drug-likeness (QED) is 0.577. The predicted octanol–water partition coefficient (Wildman–Crippen LogP) is 4.02. The molecule has 0 radical (unpaired) electrons. The maximum absolute atomic E-state index is 11.9. The van der Waals surface area contributed by atoms with Gasteiger partial charge in [-0.2, -0.15) is 13.2 Å². The topological polar surface area (TPSA) is 0 Å². The monoisotopic (exact) mass is 190 g/mol. The smallest absolute Gasteiger partial charge is 0.166 e. The SMILES string of the molecule is C=C(/C=C\C(C)=C(C)C)C(F)(F)F. The van der Waals surface area contributed by atoms with E-state index >= 15 is 0 Å². The molecule has 0 N–H and O–H groups in total. The Morgan fingerprint density at radius 1 is 1.08 bits per heavy atom. The average Bonchev–Trinajstić information content (AvgIpc) is 1.97. The van der Waals surface area contributed by atoms with Crippen LogP contribution in [0.3, 0.4) is 0 Å². The molecule has 0 aliphatic carbocycles. The van der Waals surface area contributed by atoms with Crippen molar-refractivity contribution in [2.24, 2.45) is 0 Å². The molecule has 0 aromatic carbocycles. The standard InChI is InChI=1S/C10H13F3/c1-7(2)8(3)5-6-9(4)10(11,12)13/h5-6H,4H2,1-3H3/b6-5-. The van der Waals surface area contributed by atoms with E-state index in [9.17, 15) is 13.2 Å². The minimum atomic E-state index is -4.32. The number of rotatable bonds is 2. The predicted molar refractivity (Wildman–Crippen MR) is 48.4 cm³/mol. The van der Waals surface area contributed by atoms with Gasteiger partial charge in [0.05, 0.1) is 0 Å². The maximum atomic E-state index is 11.9. The Bertz CT molecular complexity index is 250. The van der Waals surface area contributed by atoms with Gasteiger partial charge in [-0.1, -0.05) is 29.9 Å². The third-order valence-electron chi connectivity index (χ3n) is 1.69. The molecule has 0 unspecified atom stereocenters. The van der Waals surface area contributed by atoms with Crippen LogP contribution >= 0.6 is 0 Å². The number of hydrogen-bond acceptors (Lipinski definition) is 0. The van der Waals surface area contributed by atoms with Crippen molar-refractivity contribution in [2.75, 3.05) is 0 Å². The van der Waals surface area contributed by atoms with Crippen molar-refractivity contribution in [1.82, 2.24) is 0 Å². The van der Waals surface area contributed by atoms with Crippen LogP contribution < -0.4 is 0 Å². The van der Waals surface area contributed by atoms with E-state index in [-0.39, 0.29) is 0 Å². The highest BCUT2D eigenvalue weighted by atomic mass is 19.4. The molecule has 0 aliphatic rings. The number of allylic oxidation sites excluding steroid dienone is 5. The Balaban J connectivity index is 4.48. The molecule has 0 amide bonds. The molecule has 74 valence electrons. The molecule has 0 saturated heterocycles. The van der Waals surface area contributed by atoms with Crippen molar-refractivity contribution >= 4 is 0 Å². The number of alkyl halides is 3. The van der Waals surface area contributed by atoms with Crippen LogP contribution in [0.1, 0.15) is 20.8 Å². The van der Waals surface area contributed by atoms with E-state index in [2.05, 4.69) is 6.58 Å². The normalized spacial score (nSPS) is 11.8. The van der Waals surface area contributed by atoms with Crippen molar-refractivity contribution in [1.29, 1.82) is 0 Å². The molecule has 0 fully saturated rings. The van der Waals surface area contributed by atoms with Crippen molar-refractivity contribution in [3.05, 3.63) is 35.5 Å². The highest BCUT2D eigenvalue weighted by molar-refractivity contribution is 5.29. The van der Waals surface area contributed by atoms with E-state index < -0.39 is 11.7 Å². The lowest BCUT2D eigenvalue weighted by Gasteiger charge is -2.04. The minimum Gasteiger partial charge on any atom is -0.166 e. The number of halogens is 3. The van der Waals surface area contributed by atoms with Gasteiger partial charge in [0.2, 0.25) is 0 Å². The van der Waals surface area contributed by atoms with Gasteiger partial charge in [0.25, 0.3) is 0 Å². The van der Waals surface area contributed by atoms with Crippen LogP contribution in [-0.4, -0.2) is 6.18 Å². The second kappa shape index (κ2) is 4.30. The molecule has 0 aliphatic heterocycles. The minimum absolute atomic E-state index is 0.824. The Kier molecular flexibility index (Phi) is 3.98. The van der Waals surface area contributed by atoms with Crippen molar-refractivity contribution in [2.45, 2.75) is 26.9 Å². The molecule has 3 heteroatoms. The second-order valence-corrected chi connectivity index (χ2v) is 3.04. The summed E-state index contributed by atoms with van der Waals surface area (Å²) in [6, 6.07) is 0. The zero-order valence-electron chi connectivity index (χ0n) is 8.00. The van der Waals surface area contributed by atoms with E-state index in [1.165, 1.54) is 6.08 Å². The fraction of sp³-hybridized carbons (Fsp3) is 0.400. The first kappa shape index (κ1) is 12.0.